The number of carbonyl (C=O) groups is 2. The molecule has 2 N–H and O–H groups in total. The molecule has 0 saturated heterocycles. The van der Waals surface area contributed by atoms with Gasteiger partial charge in [0.2, 0.25) is 0 Å². The molecule has 0 atom stereocenters. The monoisotopic (exact) mass is 235 g/mol. The summed E-state index contributed by atoms with van der Waals surface area (Å²) in [4.78, 5) is 21.3. The molecule has 0 aliphatic rings. The van der Waals surface area contributed by atoms with Gasteiger partial charge in [-0.1, -0.05) is 0 Å². The van der Waals surface area contributed by atoms with Crippen molar-refractivity contribution in [3.05, 3.63) is 29.8 Å². The first-order valence-corrected chi connectivity index (χ1v) is 5.66. The Morgan fingerprint density at radius 2 is 1.82 bits per heavy atom. The van der Waals surface area contributed by atoms with Crippen LogP contribution >= 0.6 is 0 Å². The highest BCUT2D eigenvalue weighted by atomic mass is 16.4. The van der Waals surface area contributed by atoms with Crippen LogP contribution in [0.15, 0.2) is 24.3 Å². The fourth-order valence-corrected chi connectivity index (χ4v) is 1.46. The van der Waals surface area contributed by atoms with E-state index in [0.717, 1.165) is 18.7 Å². The molecule has 0 unspecified atom stereocenters. The standard InChI is InChI=1S/C13H17NO3/c1-10(15)11-5-7-12(8-6-11)14-9-3-2-4-13(16)17/h5-8,14H,2-4,9H2,1H3,(H,16,17). The van der Waals surface area contributed by atoms with Gasteiger partial charge in [-0.2, -0.15) is 0 Å². The number of anilines is 1. The molecule has 4 heteroatoms. The molecule has 0 bridgehead atoms. The minimum absolute atomic E-state index is 0.0537. The fraction of sp³-hybridized carbons (Fsp3) is 0.385. The van der Waals surface area contributed by atoms with Crippen molar-refractivity contribution in [3.63, 3.8) is 0 Å². The van der Waals surface area contributed by atoms with Crippen LogP contribution in [0.1, 0.15) is 36.5 Å². The number of carbonyl (C=O) groups excluding carboxylic acids is 1. The number of hydrogen-bond acceptors (Lipinski definition) is 3. The molecule has 0 spiro atoms. The van der Waals surface area contributed by atoms with Crippen LogP contribution in [-0.2, 0) is 4.79 Å². The number of aliphatic carboxylic acids is 1. The predicted molar refractivity (Wildman–Crippen MR) is 66.4 cm³/mol. The normalized spacial score (nSPS) is 9.94. The number of benzene rings is 1. The van der Waals surface area contributed by atoms with Crippen molar-refractivity contribution in [2.45, 2.75) is 26.2 Å². The van der Waals surface area contributed by atoms with Crippen LogP contribution in [0.5, 0.6) is 0 Å². The highest BCUT2D eigenvalue weighted by molar-refractivity contribution is 5.94. The molecule has 0 heterocycles. The number of carboxylic acid groups (broad SMARTS) is 1. The summed E-state index contributed by atoms with van der Waals surface area (Å²) in [5, 5.41) is 11.6. The number of hydrogen-bond donors (Lipinski definition) is 2. The van der Waals surface area contributed by atoms with Gasteiger partial charge in [0.1, 0.15) is 0 Å². The summed E-state index contributed by atoms with van der Waals surface area (Å²) >= 11 is 0. The molecular weight excluding hydrogens is 218 g/mol. The smallest absolute Gasteiger partial charge is 0.303 e. The molecule has 4 nitrogen and oxygen atoms in total. The minimum Gasteiger partial charge on any atom is -0.481 e. The molecule has 0 aliphatic carbocycles. The summed E-state index contributed by atoms with van der Waals surface area (Å²) in [6.45, 7) is 2.28. The summed E-state index contributed by atoms with van der Waals surface area (Å²) in [5.41, 5.74) is 1.65. The van der Waals surface area contributed by atoms with Crippen LogP contribution in [0, 0.1) is 0 Å². The number of nitrogens with one attached hydrogen (secondary N) is 1. The average molecular weight is 235 g/mol. The van der Waals surface area contributed by atoms with E-state index >= 15 is 0 Å². The van der Waals surface area contributed by atoms with Gasteiger partial charge in [0.05, 0.1) is 0 Å². The molecule has 0 aliphatic heterocycles. The molecule has 0 fully saturated rings. The molecule has 1 rings (SSSR count). The first-order valence-electron chi connectivity index (χ1n) is 5.66. The minimum atomic E-state index is -0.754. The number of Topliss-reactive ketones (excluding diaryl/α,β-unsaturated/α-hetero) is 1. The molecule has 0 radical (unpaired) electrons. The highest BCUT2D eigenvalue weighted by Crippen LogP contribution is 2.10. The Morgan fingerprint density at radius 3 is 2.35 bits per heavy atom. The third-order valence-electron chi connectivity index (χ3n) is 2.44. The van der Waals surface area contributed by atoms with Gasteiger partial charge in [-0.05, 0) is 44.0 Å². The van der Waals surface area contributed by atoms with Crippen molar-refractivity contribution < 1.29 is 14.7 Å². The van der Waals surface area contributed by atoms with Crippen molar-refractivity contribution in [2.75, 3.05) is 11.9 Å². The molecule has 92 valence electrons. The zero-order chi connectivity index (χ0) is 12.7. The number of rotatable bonds is 7. The van der Waals surface area contributed by atoms with Gasteiger partial charge >= 0.3 is 5.97 Å². The third kappa shape index (κ3) is 5.15. The molecule has 0 aromatic heterocycles. The third-order valence-corrected chi connectivity index (χ3v) is 2.44. The van der Waals surface area contributed by atoms with E-state index in [4.69, 9.17) is 5.11 Å². The zero-order valence-electron chi connectivity index (χ0n) is 9.90. The lowest BCUT2D eigenvalue weighted by Crippen LogP contribution is -2.03. The van der Waals surface area contributed by atoms with Gasteiger partial charge < -0.3 is 10.4 Å². The highest BCUT2D eigenvalue weighted by Gasteiger charge is 1.99. The number of unbranched alkanes of at least 4 members (excludes halogenated alkanes) is 1. The summed E-state index contributed by atoms with van der Waals surface area (Å²) in [6, 6.07) is 7.27. The fourth-order valence-electron chi connectivity index (χ4n) is 1.46. The maximum absolute atomic E-state index is 11.0. The summed E-state index contributed by atoms with van der Waals surface area (Å²) < 4.78 is 0. The van der Waals surface area contributed by atoms with E-state index in [-0.39, 0.29) is 12.2 Å². The maximum Gasteiger partial charge on any atom is 0.303 e. The second-order valence-corrected chi connectivity index (χ2v) is 3.91. The Morgan fingerprint density at radius 1 is 1.18 bits per heavy atom. The van der Waals surface area contributed by atoms with Crippen LogP contribution in [-0.4, -0.2) is 23.4 Å². The van der Waals surface area contributed by atoms with Crippen LogP contribution in [0.3, 0.4) is 0 Å². The first kappa shape index (κ1) is 13.2. The van der Waals surface area contributed by atoms with E-state index in [2.05, 4.69) is 5.32 Å². The first-order chi connectivity index (χ1) is 8.09. The van der Waals surface area contributed by atoms with Gasteiger partial charge in [0.25, 0.3) is 0 Å². The van der Waals surface area contributed by atoms with Crippen LogP contribution in [0.25, 0.3) is 0 Å². The molecule has 0 amide bonds. The van der Waals surface area contributed by atoms with E-state index in [1.54, 1.807) is 12.1 Å². The summed E-state index contributed by atoms with van der Waals surface area (Å²) in [6.07, 6.45) is 1.71. The van der Waals surface area contributed by atoms with E-state index < -0.39 is 5.97 Å². The predicted octanol–water partition coefficient (Wildman–Crippen LogP) is 2.56. The Labute approximate surface area is 101 Å². The van der Waals surface area contributed by atoms with Crippen molar-refractivity contribution >= 4 is 17.4 Å². The molecular formula is C13H17NO3. The number of carboxylic acids is 1. The quantitative estimate of drug-likeness (QED) is 0.563. The Hall–Kier alpha value is -1.84. The lowest BCUT2D eigenvalue weighted by atomic mass is 10.1. The van der Waals surface area contributed by atoms with Crippen molar-refractivity contribution in [3.8, 4) is 0 Å². The topological polar surface area (TPSA) is 66.4 Å². The van der Waals surface area contributed by atoms with Gasteiger partial charge in [0.15, 0.2) is 5.78 Å². The van der Waals surface area contributed by atoms with Crippen LogP contribution in [0.2, 0.25) is 0 Å². The average Bonchev–Trinajstić information content (AvgIpc) is 2.29. The van der Waals surface area contributed by atoms with Crippen LogP contribution in [0.4, 0.5) is 5.69 Å². The van der Waals surface area contributed by atoms with Crippen molar-refractivity contribution in [1.29, 1.82) is 0 Å². The van der Waals surface area contributed by atoms with E-state index in [1.165, 1.54) is 6.92 Å². The molecule has 0 saturated carbocycles. The molecule has 1 aromatic rings. The second-order valence-electron chi connectivity index (χ2n) is 3.91. The van der Waals surface area contributed by atoms with Gasteiger partial charge in [0, 0.05) is 24.2 Å². The Kier molecular flexibility index (Phi) is 5.20. The SMILES string of the molecule is CC(=O)c1ccc(NCCCCC(=O)O)cc1. The lowest BCUT2D eigenvalue weighted by Gasteiger charge is -2.06. The van der Waals surface area contributed by atoms with Crippen LogP contribution < -0.4 is 5.32 Å². The second kappa shape index (κ2) is 6.68. The van der Waals surface area contributed by atoms with Gasteiger partial charge in [-0.3, -0.25) is 9.59 Å². The van der Waals surface area contributed by atoms with E-state index in [1.807, 2.05) is 12.1 Å². The Balaban J connectivity index is 2.27. The van der Waals surface area contributed by atoms with E-state index in [9.17, 15) is 9.59 Å². The van der Waals surface area contributed by atoms with Gasteiger partial charge in [-0.25, -0.2) is 0 Å². The lowest BCUT2D eigenvalue weighted by molar-refractivity contribution is -0.137. The Bertz CT molecular complexity index is 384. The number of ketones is 1. The molecule has 1 aromatic carbocycles. The van der Waals surface area contributed by atoms with Gasteiger partial charge in [-0.15, -0.1) is 0 Å². The van der Waals surface area contributed by atoms with Crippen molar-refractivity contribution in [1.82, 2.24) is 0 Å². The zero-order valence-corrected chi connectivity index (χ0v) is 9.90. The van der Waals surface area contributed by atoms with E-state index in [0.29, 0.717) is 12.0 Å². The van der Waals surface area contributed by atoms with Crippen molar-refractivity contribution in [2.24, 2.45) is 0 Å². The summed E-state index contributed by atoms with van der Waals surface area (Å²) in [5.74, 6) is -0.700. The summed E-state index contributed by atoms with van der Waals surface area (Å²) in [7, 11) is 0. The molecule has 17 heavy (non-hydrogen) atoms. The maximum atomic E-state index is 11.0. The largest absolute Gasteiger partial charge is 0.481 e.